The van der Waals surface area contributed by atoms with Gasteiger partial charge in [-0.2, -0.15) is 0 Å². The van der Waals surface area contributed by atoms with Crippen molar-refractivity contribution in [2.24, 2.45) is 0 Å². The molecule has 0 unspecified atom stereocenters. The van der Waals surface area contributed by atoms with Crippen molar-refractivity contribution >= 4 is 34.7 Å². The van der Waals surface area contributed by atoms with Crippen LogP contribution in [0.2, 0.25) is 0 Å². The van der Waals surface area contributed by atoms with Crippen LogP contribution in [0.3, 0.4) is 0 Å². The fraction of sp³-hybridized carbons (Fsp3) is 0.150. The van der Waals surface area contributed by atoms with Gasteiger partial charge in [-0.25, -0.2) is 14.8 Å². The number of carbonyl (C=O) groups is 1. The number of nitrogen functional groups attached to an aromatic ring is 1. The fourth-order valence-corrected chi connectivity index (χ4v) is 3.03. The molecule has 1 aliphatic rings. The maximum absolute atomic E-state index is 12.1. The number of anilines is 5. The zero-order valence-electron chi connectivity index (χ0n) is 15.9. The Bertz CT molecular complexity index is 1070. The van der Waals surface area contributed by atoms with Crippen LogP contribution in [0.1, 0.15) is 10.4 Å². The van der Waals surface area contributed by atoms with Gasteiger partial charge in [0.1, 0.15) is 12.0 Å². The summed E-state index contributed by atoms with van der Waals surface area (Å²) in [6.07, 6.45) is 1.40. The molecule has 9 nitrogen and oxygen atoms in total. The molecule has 2 aromatic carbocycles. The summed E-state index contributed by atoms with van der Waals surface area (Å²) in [5.41, 5.74) is 8.42. The SMILES string of the molecule is COC(=O)c1ccccc1N(C)c1ncnc(Nc2ccc3c(c2)OCO3)c1N. The zero-order chi connectivity index (χ0) is 20.4. The molecule has 3 aromatic rings. The number of carbonyl (C=O) groups excluding carboxylic acids is 1. The van der Waals surface area contributed by atoms with Crippen LogP contribution in [0.15, 0.2) is 48.8 Å². The molecule has 9 heteroatoms. The Morgan fingerprint density at radius 1 is 1.17 bits per heavy atom. The van der Waals surface area contributed by atoms with Crippen LogP contribution in [-0.2, 0) is 4.74 Å². The summed E-state index contributed by atoms with van der Waals surface area (Å²) in [6, 6.07) is 12.5. The van der Waals surface area contributed by atoms with Crippen molar-refractivity contribution < 1.29 is 19.0 Å². The first kappa shape index (κ1) is 18.4. The van der Waals surface area contributed by atoms with E-state index >= 15 is 0 Å². The second-order valence-electron chi connectivity index (χ2n) is 6.22. The molecule has 2 heterocycles. The predicted molar refractivity (Wildman–Crippen MR) is 108 cm³/mol. The molecule has 0 aliphatic carbocycles. The Hall–Kier alpha value is -4.01. The highest BCUT2D eigenvalue weighted by Gasteiger charge is 2.20. The lowest BCUT2D eigenvalue weighted by molar-refractivity contribution is 0.0601. The van der Waals surface area contributed by atoms with Crippen molar-refractivity contribution in [3.8, 4) is 11.5 Å². The molecule has 0 spiro atoms. The molecule has 1 aromatic heterocycles. The van der Waals surface area contributed by atoms with E-state index in [4.69, 9.17) is 19.9 Å². The van der Waals surface area contributed by atoms with Gasteiger partial charge in [-0.1, -0.05) is 12.1 Å². The quantitative estimate of drug-likeness (QED) is 0.632. The number of methoxy groups -OCH3 is 1. The summed E-state index contributed by atoms with van der Waals surface area (Å²) in [6.45, 7) is 0.197. The molecule has 0 fully saturated rings. The molecular formula is C20H19N5O4. The highest BCUT2D eigenvalue weighted by Crippen LogP contribution is 2.37. The minimum Gasteiger partial charge on any atom is -0.465 e. The summed E-state index contributed by atoms with van der Waals surface area (Å²) in [5.74, 6) is 1.76. The lowest BCUT2D eigenvalue weighted by Gasteiger charge is -2.23. The Morgan fingerprint density at radius 3 is 2.79 bits per heavy atom. The molecule has 0 radical (unpaired) electrons. The third kappa shape index (κ3) is 3.45. The molecule has 29 heavy (non-hydrogen) atoms. The van der Waals surface area contributed by atoms with E-state index in [0.29, 0.717) is 40.1 Å². The Kier molecular flexibility index (Phi) is 4.78. The molecule has 1 aliphatic heterocycles. The van der Waals surface area contributed by atoms with Gasteiger partial charge in [0, 0.05) is 18.8 Å². The van der Waals surface area contributed by atoms with Gasteiger partial charge in [0.2, 0.25) is 6.79 Å². The molecule has 4 rings (SSSR count). The van der Waals surface area contributed by atoms with Crippen LogP contribution in [0.5, 0.6) is 11.5 Å². The van der Waals surface area contributed by atoms with E-state index in [1.165, 1.54) is 13.4 Å². The number of hydrogen-bond donors (Lipinski definition) is 2. The fourth-order valence-electron chi connectivity index (χ4n) is 3.03. The largest absolute Gasteiger partial charge is 0.465 e. The number of benzene rings is 2. The van der Waals surface area contributed by atoms with E-state index in [9.17, 15) is 4.79 Å². The van der Waals surface area contributed by atoms with E-state index in [1.807, 2.05) is 18.2 Å². The zero-order valence-corrected chi connectivity index (χ0v) is 15.9. The first-order chi connectivity index (χ1) is 14.1. The topological polar surface area (TPSA) is 112 Å². The minimum atomic E-state index is -0.446. The van der Waals surface area contributed by atoms with Crippen molar-refractivity contribution in [1.29, 1.82) is 0 Å². The maximum Gasteiger partial charge on any atom is 0.339 e. The third-order valence-electron chi connectivity index (χ3n) is 4.49. The van der Waals surface area contributed by atoms with Crippen LogP contribution in [-0.4, -0.2) is 36.9 Å². The van der Waals surface area contributed by atoms with Gasteiger partial charge in [-0.15, -0.1) is 0 Å². The second-order valence-corrected chi connectivity index (χ2v) is 6.22. The maximum atomic E-state index is 12.1. The number of nitrogens with two attached hydrogens (primary N) is 1. The average molecular weight is 393 g/mol. The van der Waals surface area contributed by atoms with Crippen LogP contribution in [0.25, 0.3) is 0 Å². The summed E-state index contributed by atoms with van der Waals surface area (Å²) in [7, 11) is 3.11. The standard InChI is InChI=1S/C20H19N5O4/c1-25(14-6-4-3-5-13(14)20(26)27-2)19-17(21)18(22-10-23-19)24-12-7-8-15-16(9-12)29-11-28-15/h3-10H,11,21H2,1-2H3,(H,22,23,24). The van der Waals surface area contributed by atoms with Gasteiger partial charge < -0.3 is 30.2 Å². The first-order valence-corrected chi connectivity index (χ1v) is 8.76. The number of hydrogen-bond acceptors (Lipinski definition) is 9. The van der Waals surface area contributed by atoms with Crippen molar-refractivity contribution in [2.45, 2.75) is 0 Å². The monoisotopic (exact) mass is 393 g/mol. The van der Waals surface area contributed by atoms with Crippen molar-refractivity contribution in [3.63, 3.8) is 0 Å². The lowest BCUT2D eigenvalue weighted by Crippen LogP contribution is -2.18. The molecule has 0 bridgehead atoms. The lowest BCUT2D eigenvalue weighted by atomic mass is 10.1. The van der Waals surface area contributed by atoms with Crippen LogP contribution in [0.4, 0.5) is 28.7 Å². The van der Waals surface area contributed by atoms with Crippen LogP contribution >= 0.6 is 0 Å². The van der Waals surface area contributed by atoms with Crippen molar-refractivity contribution in [1.82, 2.24) is 9.97 Å². The third-order valence-corrected chi connectivity index (χ3v) is 4.49. The molecule has 0 atom stereocenters. The molecule has 0 amide bonds. The van der Waals surface area contributed by atoms with Crippen molar-refractivity contribution in [3.05, 3.63) is 54.4 Å². The van der Waals surface area contributed by atoms with E-state index < -0.39 is 5.97 Å². The molecule has 148 valence electrons. The summed E-state index contributed by atoms with van der Waals surface area (Å²) in [4.78, 5) is 22.4. The molecule has 3 N–H and O–H groups in total. The van der Waals surface area contributed by atoms with E-state index in [2.05, 4.69) is 15.3 Å². The Morgan fingerprint density at radius 2 is 1.97 bits per heavy atom. The number of aromatic nitrogens is 2. The van der Waals surface area contributed by atoms with Gasteiger partial charge in [0.15, 0.2) is 23.1 Å². The highest BCUT2D eigenvalue weighted by molar-refractivity contribution is 5.97. The number of para-hydroxylation sites is 1. The second kappa shape index (κ2) is 7.55. The molecule has 0 saturated heterocycles. The number of nitrogens with one attached hydrogen (secondary N) is 1. The van der Waals surface area contributed by atoms with Gasteiger partial charge in [0.05, 0.1) is 18.4 Å². The smallest absolute Gasteiger partial charge is 0.339 e. The van der Waals surface area contributed by atoms with Crippen LogP contribution in [0, 0.1) is 0 Å². The Labute approximate surface area is 167 Å². The van der Waals surface area contributed by atoms with E-state index in [0.717, 1.165) is 5.69 Å². The number of nitrogens with zero attached hydrogens (tertiary/aromatic N) is 3. The van der Waals surface area contributed by atoms with E-state index in [-0.39, 0.29) is 6.79 Å². The van der Waals surface area contributed by atoms with Gasteiger partial charge in [0.25, 0.3) is 0 Å². The minimum absolute atomic E-state index is 0.197. The summed E-state index contributed by atoms with van der Waals surface area (Å²) < 4.78 is 15.6. The first-order valence-electron chi connectivity index (χ1n) is 8.76. The highest BCUT2D eigenvalue weighted by atomic mass is 16.7. The van der Waals surface area contributed by atoms with Crippen LogP contribution < -0.4 is 25.4 Å². The van der Waals surface area contributed by atoms with Crippen molar-refractivity contribution in [2.75, 3.05) is 36.9 Å². The van der Waals surface area contributed by atoms with Gasteiger partial charge in [-0.05, 0) is 24.3 Å². The molecule has 0 saturated carbocycles. The van der Waals surface area contributed by atoms with Gasteiger partial charge in [-0.3, -0.25) is 0 Å². The van der Waals surface area contributed by atoms with Gasteiger partial charge >= 0.3 is 5.97 Å². The normalized spacial score (nSPS) is 11.8. The number of rotatable bonds is 5. The van der Waals surface area contributed by atoms with E-state index in [1.54, 1.807) is 36.2 Å². The number of ether oxygens (including phenoxy) is 3. The molecular weight excluding hydrogens is 374 g/mol. The summed E-state index contributed by atoms with van der Waals surface area (Å²) in [5, 5.41) is 3.17. The number of esters is 1. The predicted octanol–water partition coefficient (Wildman–Crippen LogP) is 3.09. The summed E-state index contributed by atoms with van der Waals surface area (Å²) >= 11 is 0. The average Bonchev–Trinajstić information content (AvgIpc) is 3.22. The number of fused-ring (bicyclic) bond motifs is 1. The Balaban J connectivity index is 1.66.